The Morgan fingerprint density at radius 3 is 1.90 bits per heavy atom. The molecule has 0 unspecified atom stereocenters. The number of aryl methyl sites for hydroxylation is 1. The van der Waals surface area contributed by atoms with Crippen LogP contribution in [0.4, 0.5) is 0 Å². The Morgan fingerprint density at radius 1 is 0.600 bits per heavy atom. The van der Waals surface area contributed by atoms with Crippen LogP contribution in [-0.4, -0.2) is 0 Å². The highest BCUT2D eigenvalue weighted by Crippen LogP contribution is 2.31. The second kappa shape index (κ2) is 5.98. The number of benzene rings is 3. The van der Waals surface area contributed by atoms with Gasteiger partial charge in [-0.2, -0.15) is 0 Å². The molecule has 1 heteroatoms. The molecular weight excluding hydrogens is 260 g/mol. The first-order valence-electron chi connectivity index (χ1n) is 6.72. The van der Waals surface area contributed by atoms with Gasteiger partial charge in [0.15, 0.2) is 0 Å². The molecule has 0 aliphatic rings. The van der Waals surface area contributed by atoms with Gasteiger partial charge in [-0.05, 0) is 41.8 Å². The molecule has 0 saturated heterocycles. The number of hydrogen-bond acceptors (Lipinski definition) is 1. The van der Waals surface area contributed by atoms with Gasteiger partial charge in [-0.25, -0.2) is 0 Å². The van der Waals surface area contributed by atoms with Crippen LogP contribution >= 0.6 is 11.8 Å². The largest absolute Gasteiger partial charge is 0.0898 e. The second-order valence-electron chi connectivity index (χ2n) is 4.76. The average molecular weight is 276 g/mol. The van der Waals surface area contributed by atoms with Gasteiger partial charge >= 0.3 is 0 Å². The fourth-order valence-corrected chi connectivity index (χ4v) is 3.05. The first-order valence-corrected chi connectivity index (χ1v) is 7.53. The van der Waals surface area contributed by atoms with Gasteiger partial charge in [-0.3, -0.25) is 0 Å². The fraction of sp³-hybridized carbons (Fsp3) is 0.0526. The maximum Gasteiger partial charge on any atom is 0.0151 e. The van der Waals surface area contributed by atoms with Crippen molar-refractivity contribution in [3.63, 3.8) is 0 Å². The van der Waals surface area contributed by atoms with E-state index in [1.165, 1.54) is 26.5 Å². The first-order chi connectivity index (χ1) is 9.83. The highest BCUT2D eigenvalue weighted by molar-refractivity contribution is 7.99. The smallest absolute Gasteiger partial charge is 0.0151 e. The zero-order valence-electron chi connectivity index (χ0n) is 11.4. The quantitative estimate of drug-likeness (QED) is 0.581. The van der Waals surface area contributed by atoms with Gasteiger partial charge in [0.1, 0.15) is 0 Å². The van der Waals surface area contributed by atoms with Crippen LogP contribution in [0, 0.1) is 6.92 Å². The lowest BCUT2D eigenvalue weighted by Gasteiger charge is -2.06. The van der Waals surface area contributed by atoms with E-state index in [4.69, 9.17) is 0 Å². The Hall–Kier alpha value is -1.99. The number of rotatable bonds is 3. The molecule has 20 heavy (non-hydrogen) atoms. The van der Waals surface area contributed by atoms with E-state index in [1.54, 1.807) is 0 Å². The molecule has 0 nitrogen and oxygen atoms in total. The first kappa shape index (κ1) is 13.0. The summed E-state index contributed by atoms with van der Waals surface area (Å²) in [6.07, 6.45) is 0. The third-order valence-corrected chi connectivity index (χ3v) is 4.47. The Kier molecular flexibility index (Phi) is 3.89. The van der Waals surface area contributed by atoms with Gasteiger partial charge in [0, 0.05) is 9.79 Å². The zero-order valence-corrected chi connectivity index (χ0v) is 12.2. The van der Waals surface area contributed by atoms with Gasteiger partial charge in [0.05, 0.1) is 0 Å². The lowest BCUT2D eigenvalue weighted by Crippen LogP contribution is -1.80. The zero-order chi connectivity index (χ0) is 13.8. The summed E-state index contributed by atoms with van der Waals surface area (Å²) in [6, 6.07) is 27.7. The van der Waals surface area contributed by atoms with Gasteiger partial charge in [-0.15, -0.1) is 0 Å². The summed E-state index contributed by atoms with van der Waals surface area (Å²) in [5, 5.41) is 0. The average Bonchev–Trinajstić information content (AvgIpc) is 2.51. The summed E-state index contributed by atoms with van der Waals surface area (Å²) in [7, 11) is 0. The normalized spacial score (nSPS) is 10.4. The van der Waals surface area contributed by atoms with Crippen LogP contribution in [0.2, 0.25) is 0 Å². The van der Waals surface area contributed by atoms with Crippen molar-refractivity contribution in [1.82, 2.24) is 0 Å². The SMILES string of the molecule is Cc1ccccc1Sc1ccc(-c2ccccc2)cc1. The molecule has 0 bridgehead atoms. The monoisotopic (exact) mass is 276 g/mol. The van der Waals surface area contributed by atoms with Gasteiger partial charge in [0.25, 0.3) is 0 Å². The van der Waals surface area contributed by atoms with E-state index < -0.39 is 0 Å². The molecule has 0 N–H and O–H groups in total. The predicted octanol–water partition coefficient (Wildman–Crippen LogP) is 5.81. The van der Waals surface area contributed by atoms with Crippen molar-refractivity contribution in [3.8, 4) is 11.1 Å². The maximum absolute atomic E-state index is 2.19. The predicted molar refractivity (Wildman–Crippen MR) is 87.2 cm³/mol. The second-order valence-corrected chi connectivity index (χ2v) is 5.87. The summed E-state index contributed by atoms with van der Waals surface area (Å²) in [6.45, 7) is 2.15. The molecule has 0 fully saturated rings. The molecule has 0 aromatic heterocycles. The van der Waals surface area contributed by atoms with Crippen LogP contribution in [0.3, 0.4) is 0 Å². The summed E-state index contributed by atoms with van der Waals surface area (Å²) < 4.78 is 0. The molecule has 98 valence electrons. The lowest BCUT2D eigenvalue weighted by molar-refractivity contribution is 1.29. The molecule has 0 amide bonds. The van der Waals surface area contributed by atoms with E-state index in [0.717, 1.165) is 0 Å². The molecule has 0 saturated carbocycles. The van der Waals surface area contributed by atoms with Crippen LogP contribution < -0.4 is 0 Å². The molecule has 0 atom stereocenters. The summed E-state index contributed by atoms with van der Waals surface area (Å²) in [5.74, 6) is 0. The molecule has 3 aromatic carbocycles. The van der Waals surface area contributed by atoms with Crippen LogP contribution in [0.1, 0.15) is 5.56 Å². The Bertz CT molecular complexity index is 684. The van der Waals surface area contributed by atoms with E-state index >= 15 is 0 Å². The van der Waals surface area contributed by atoms with E-state index in [1.807, 2.05) is 17.8 Å². The van der Waals surface area contributed by atoms with Crippen LogP contribution in [0.5, 0.6) is 0 Å². The maximum atomic E-state index is 2.19. The topological polar surface area (TPSA) is 0 Å². The summed E-state index contributed by atoms with van der Waals surface area (Å²) >= 11 is 1.82. The van der Waals surface area contributed by atoms with Gasteiger partial charge in [-0.1, -0.05) is 72.4 Å². The Morgan fingerprint density at radius 2 is 1.20 bits per heavy atom. The molecule has 3 rings (SSSR count). The molecule has 0 spiro atoms. The van der Waals surface area contributed by atoms with Crippen LogP contribution in [0.15, 0.2) is 88.7 Å². The molecule has 0 aliphatic carbocycles. The molecule has 3 aromatic rings. The van der Waals surface area contributed by atoms with Crippen LogP contribution in [0.25, 0.3) is 11.1 Å². The Balaban J connectivity index is 1.82. The van der Waals surface area contributed by atoms with Crippen molar-refractivity contribution >= 4 is 11.8 Å². The van der Waals surface area contributed by atoms with E-state index in [9.17, 15) is 0 Å². The van der Waals surface area contributed by atoms with Crippen LogP contribution in [-0.2, 0) is 0 Å². The Labute approximate surface area is 124 Å². The molecule has 0 radical (unpaired) electrons. The van der Waals surface area contributed by atoms with Crippen molar-refractivity contribution in [2.45, 2.75) is 16.7 Å². The van der Waals surface area contributed by atoms with E-state index in [-0.39, 0.29) is 0 Å². The lowest BCUT2D eigenvalue weighted by atomic mass is 10.1. The minimum Gasteiger partial charge on any atom is -0.0898 e. The molecular formula is C19H16S. The molecule has 0 aliphatic heterocycles. The van der Waals surface area contributed by atoms with Crippen molar-refractivity contribution in [2.75, 3.05) is 0 Å². The van der Waals surface area contributed by atoms with Crippen molar-refractivity contribution < 1.29 is 0 Å². The third kappa shape index (κ3) is 2.94. The van der Waals surface area contributed by atoms with E-state index in [2.05, 4.69) is 79.7 Å². The van der Waals surface area contributed by atoms with E-state index in [0.29, 0.717) is 0 Å². The summed E-state index contributed by atoms with van der Waals surface area (Å²) in [5.41, 5.74) is 3.85. The highest BCUT2D eigenvalue weighted by atomic mass is 32.2. The van der Waals surface area contributed by atoms with Gasteiger partial charge in [0.2, 0.25) is 0 Å². The summed E-state index contributed by atoms with van der Waals surface area (Å²) in [4.78, 5) is 2.60. The third-order valence-electron chi connectivity index (χ3n) is 3.28. The van der Waals surface area contributed by atoms with Crippen molar-refractivity contribution in [2.24, 2.45) is 0 Å². The van der Waals surface area contributed by atoms with Crippen molar-refractivity contribution in [1.29, 1.82) is 0 Å². The highest BCUT2D eigenvalue weighted by Gasteiger charge is 2.01. The fourth-order valence-electron chi connectivity index (χ4n) is 2.14. The molecule has 0 heterocycles. The standard InChI is InChI=1S/C19H16S/c1-15-7-5-6-10-19(15)20-18-13-11-17(12-14-18)16-8-3-2-4-9-16/h2-14H,1H3. The minimum atomic E-state index is 1.26. The van der Waals surface area contributed by atoms with Gasteiger partial charge < -0.3 is 0 Å². The number of hydrogen-bond donors (Lipinski definition) is 0. The van der Waals surface area contributed by atoms with Crippen molar-refractivity contribution in [3.05, 3.63) is 84.4 Å². The minimum absolute atomic E-state index is 1.26.